The Balaban J connectivity index is 1.55. The third kappa shape index (κ3) is 2.97. The highest BCUT2D eigenvalue weighted by molar-refractivity contribution is 5.08. The molecule has 4 saturated carbocycles. The Morgan fingerprint density at radius 3 is 2.54 bits per heavy atom. The lowest BCUT2D eigenvalue weighted by Gasteiger charge is -2.61. The lowest BCUT2D eigenvalue weighted by Crippen LogP contribution is -2.57. The van der Waals surface area contributed by atoms with Crippen molar-refractivity contribution in [3.8, 4) is 0 Å². The summed E-state index contributed by atoms with van der Waals surface area (Å²) in [7, 11) is 4.12. The van der Waals surface area contributed by atoms with E-state index in [-0.39, 0.29) is 18.4 Å². The fraction of sp³-hybridized carbons (Fsp3) is 1.00. The minimum atomic E-state index is -0.285. The second-order valence-corrected chi connectivity index (χ2v) is 11.0. The van der Waals surface area contributed by atoms with Crippen LogP contribution >= 0.6 is 0 Å². The van der Waals surface area contributed by atoms with E-state index in [2.05, 4.69) is 39.8 Å². The molecule has 0 heterocycles. The zero-order chi connectivity index (χ0) is 18.7. The van der Waals surface area contributed by atoms with Crippen LogP contribution in [0, 0.1) is 34.5 Å². The zero-order valence-electron chi connectivity index (χ0n) is 17.7. The van der Waals surface area contributed by atoms with Gasteiger partial charge in [-0.15, -0.1) is 0 Å². The number of ether oxygens (including phenoxy) is 1. The average Bonchev–Trinajstić information content (AvgIpc) is 2.97. The highest BCUT2D eigenvalue weighted by Gasteiger charge is 2.59. The standard InChI is InChI=1S/C23H41NO2/c1-15(24(4)5)26-21-14-23(3)16(13-20(21)25)8-9-17-18-7-6-11-22(18,2)12-10-19(17)23/h15-21,25H,6-14H2,1-5H3/t15?,16-,17-,18-,19-,20-,21-,22-,23-/m0/s1. The van der Waals surface area contributed by atoms with E-state index in [1.165, 1.54) is 44.9 Å². The topological polar surface area (TPSA) is 32.7 Å². The van der Waals surface area contributed by atoms with Crippen molar-refractivity contribution in [1.29, 1.82) is 0 Å². The van der Waals surface area contributed by atoms with Gasteiger partial charge in [-0.25, -0.2) is 0 Å². The molecule has 0 spiro atoms. The first-order chi connectivity index (χ1) is 12.2. The molecule has 1 N–H and O–H groups in total. The van der Waals surface area contributed by atoms with Gasteiger partial charge in [-0.1, -0.05) is 20.3 Å². The summed E-state index contributed by atoms with van der Waals surface area (Å²) >= 11 is 0. The van der Waals surface area contributed by atoms with Crippen LogP contribution < -0.4 is 0 Å². The minimum Gasteiger partial charge on any atom is -0.390 e. The van der Waals surface area contributed by atoms with Crippen LogP contribution in [0.25, 0.3) is 0 Å². The molecule has 150 valence electrons. The van der Waals surface area contributed by atoms with E-state index in [0.717, 1.165) is 30.6 Å². The van der Waals surface area contributed by atoms with E-state index in [4.69, 9.17) is 4.74 Å². The molecule has 0 radical (unpaired) electrons. The van der Waals surface area contributed by atoms with E-state index < -0.39 is 0 Å². The van der Waals surface area contributed by atoms with Crippen LogP contribution in [0.15, 0.2) is 0 Å². The van der Waals surface area contributed by atoms with Crippen molar-refractivity contribution >= 4 is 0 Å². The van der Waals surface area contributed by atoms with Crippen molar-refractivity contribution in [2.24, 2.45) is 34.5 Å². The maximum atomic E-state index is 10.8. The van der Waals surface area contributed by atoms with Gasteiger partial charge in [0.2, 0.25) is 0 Å². The van der Waals surface area contributed by atoms with Crippen LogP contribution in [0.1, 0.15) is 78.6 Å². The van der Waals surface area contributed by atoms with Crippen molar-refractivity contribution < 1.29 is 9.84 Å². The Bertz CT molecular complexity index is 522. The Hall–Kier alpha value is -0.120. The molecule has 9 atom stereocenters. The minimum absolute atomic E-state index is 0.00397. The summed E-state index contributed by atoms with van der Waals surface area (Å²) in [6.45, 7) is 7.26. The first-order valence-corrected chi connectivity index (χ1v) is 11.2. The molecular weight excluding hydrogens is 322 g/mol. The smallest absolute Gasteiger partial charge is 0.107 e. The highest BCUT2D eigenvalue weighted by atomic mass is 16.5. The summed E-state index contributed by atoms with van der Waals surface area (Å²) < 4.78 is 6.34. The monoisotopic (exact) mass is 363 g/mol. The second-order valence-electron chi connectivity index (χ2n) is 11.0. The van der Waals surface area contributed by atoms with Gasteiger partial charge >= 0.3 is 0 Å². The van der Waals surface area contributed by atoms with Crippen molar-refractivity contribution in [2.45, 2.75) is 97.0 Å². The molecule has 0 aliphatic heterocycles. The van der Waals surface area contributed by atoms with Crippen molar-refractivity contribution in [3.05, 3.63) is 0 Å². The molecule has 0 bridgehead atoms. The molecular formula is C23H41NO2. The molecule has 4 aliphatic carbocycles. The average molecular weight is 364 g/mol. The normalized spacial score (nSPS) is 52.3. The molecule has 0 aromatic rings. The Morgan fingerprint density at radius 1 is 1.04 bits per heavy atom. The fourth-order valence-electron chi connectivity index (χ4n) is 7.76. The number of nitrogens with zero attached hydrogens (tertiary/aromatic N) is 1. The van der Waals surface area contributed by atoms with Gasteiger partial charge in [0.1, 0.15) is 6.23 Å². The molecule has 0 amide bonds. The summed E-state index contributed by atoms with van der Waals surface area (Å²) in [5.41, 5.74) is 0.997. The first kappa shape index (κ1) is 19.2. The van der Waals surface area contributed by atoms with Crippen LogP contribution in [0.3, 0.4) is 0 Å². The maximum Gasteiger partial charge on any atom is 0.107 e. The number of aliphatic hydroxyl groups is 1. The first-order valence-electron chi connectivity index (χ1n) is 11.2. The summed E-state index contributed by atoms with van der Waals surface area (Å²) in [5.74, 6) is 3.44. The van der Waals surface area contributed by atoms with E-state index in [0.29, 0.717) is 16.7 Å². The Kier molecular flexibility index (Phi) is 4.98. The van der Waals surface area contributed by atoms with Crippen LogP contribution in [0.5, 0.6) is 0 Å². The molecule has 4 rings (SSSR count). The van der Waals surface area contributed by atoms with Crippen molar-refractivity contribution in [1.82, 2.24) is 4.90 Å². The van der Waals surface area contributed by atoms with Crippen LogP contribution in [0.4, 0.5) is 0 Å². The lowest BCUT2D eigenvalue weighted by molar-refractivity contribution is -0.194. The summed E-state index contributed by atoms with van der Waals surface area (Å²) in [6, 6.07) is 0. The highest BCUT2D eigenvalue weighted by Crippen LogP contribution is 2.66. The molecule has 26 heavy (non-hydrogen) atoms. The van der Waals surface area contributed by atoms with Gasteiger partial charge in [0.05, 0.1) is 12.2 Å². The van der Waals surface area contributed by atoms with Gasteiger partial charge in [-0.2, -0.15) is 0 Å². The van der Waals surface area contributed by atoms with E-state index >= 15 is 0 Å². The molecule has 0 saturated heterocycles. The quantitative estimate of drug-likeness (QED) is 0.739. The summed E-state index contributed by atoms with van der Waals surface area (Å²) in [4.78, 5) is 2.11. The molecule has 3 heteroatoms. The number of hydrogen-bond acceptors (Lipinski definition) is 3. The van der Waals surface area contributed by atoms with Crippen LogP contribution in [0.2, 0.25) is 0 Å². The second kappa shape index (κ2) is 6.74. The van der Waals surface area contributed by atoms with Gasteiger partial charge in [0, 0.05) is 0 Å². The predicted octanol–water partition coefficient (Wildman–Crippen LogP) is 4.68. The van der Waals surface area contributed by atoms with Gasteiger partial charge < -0.3 is 9.84 Å². The molecule has 4 aliphatic rings. The van der Waals surface area contributed by atoms with Gasteiger partial charge in [-0.05, 0) is 107 Å². The van der Waals surface area contributed by atoms with Crippen LogP contribution in [-0.2, 0) is 4.74 Å². The molecule has 3 nitrogen and oxygen atoms in total. The molecule has 0 aromatic heterocycles. The largest absolute Gasteiger partial charge is 0.390 e. The fourth-order valence-corrected chi connectivity index (χ4v) is 7.76. The SMILES string of the molecule is CC(O[C@H]1C[C@@]2(C)[C@@H](CC[C@H]3[C@@H]4CCC[C@@]4(C)CC[C@@H]32)C[C@@H]1O)N(C)C. The number of aliphatic hydroxyl groups excluding tert-OH is 1. The molecule has 0 aromatic carbocycles. The third-order valence-corrected chi connectivity index (χ3v) is 9.54. The van der Waals surface area contributed by atoms with E-state index in [1.807, 2.05) is 0 Å². The van der Waals surface area contributed by atoms with Crippen molar-refractivity contribution in [2.75, 3.05) is 14.1 Å². The maximum absolute atomic E-state index is 10.8. The van der Waals surface area contributed by atoms with E-state index in [1.54, 1.807) is 0 Å². The third-order valence-electron chi connectivity index (χ3n) is 9.54. The lowest BCUT2D eigenvalue weighted by atomic mass is 9.45. The van der Waals surface area contributed by atoms with Gasteiger partial charge in [0.25, 0.3) is 0 Å². The Morgan fingerprint density at radius 2 is 1.81 bits per heavy atom. The van der Waals surface area contributed by atoms with Gasteiger partial charge in [-0.3, -0.25) is 4.90 Å². The van der Waals surface area contributed by atoms with Crippen LogP contribution in [-0.4, -0.2) is 42.5 Å². The number of hydrogen-bond donors (Lipinski definition) is 1. The van der Waals surface area contributed by atoms with Gasteiger partial charge in [0.15, 0.2) is 0 Å². The molecule has 1 unspecified atom stereocenters. The Labute approximate surface area is 160 Å². The predicted molar refractivity (Wildman–Crippen MR) is 106 cm³/mol. The van der Waals surface area contributed by atoms with E-state index in [9.17, 15) is 5.11 Å². The number of rotatable bonds is 3. The van der Waals surface area contributed by atoms with Crippen molar-refractivity contribution in [3.63, 3.8) is 0 Å². The summed E-state index contributed by atoms with van der Waals surface area (Å²) in [6.07, 6.45) is 11.8. The summed E-state index contributed by atoms with van der Waals surface area (Å²) in [5, 5.41) is 10.8. The zero-order valence-corrected chi connectivity index (χ0v) is 17.7. The number of fused-ring (bicyclic) bond motifs is 5. The molecule has 4 fully saturated rings.